The fourth-order valence-electron chi connectivity index (χ4n) is 2.41. The summed E-state index contributed by atoms with van der Waals surface area (Å²) in [6.45, 7) is 0.578. The van der Waals surface area contributed by atoms with E-state index in [0.29, 0.717) is 19.1 Å². The van der Waals surface area contributed by atoms with Crippen molar-refractivity contribution in [3.63, 3.8) is 0 Å². The number of ether oxygens (including phenoxy) is 1. The third-order valence-corrected chi connectivity index (χ3v) is 3.52. The second-order valence-corrected chi connectivity index (χ2v) is 5.30. The molecule has 2 N–H and O–H groups in total. The molecule has 0 spiro atoms. The molecular formula is C17H23NO3. The molecule has 1 aromatic rings. The molecule has 1 aliphatic rings. The highest BCUT2D eigenvalue weighted by Crippen LogP contribution is 2.24. The first-order chi connectivity index (χ1) is 10.3. The van der Waals surface area contributed by atoms with Crippen LogP contribution in [0, 0.1) is 0 Å². The second kappa shape index (κ2) is 8.47. The summed E-state index contributed by atoms with van der Waals surface area (Å²) in [5.41, 5.74) is 0.947. The van der Waals surface area contributed by atoms with Crippen molar-refractivity contribution in [1.29, 1.82) is 0 Å². The van der Waals surface area contributed by atoms with Gasteiger partial charge in [-0.25, -0.2) is 0 Å². The maximum atomic E-state index is 11.5. The Hall–Kier alpha value is -1.81. The Kier molecular flexibility index (Phi) is 6.28. The zero-order valence-corrected chi connectivity index (χ0v) is 12.3. The lowest BCUT2D eigenvalue weighted by molar-refractivity contribution is -0.116. The van der Waals surface area contributed by atoms with Crippen LogP contribution in [0.2, 0.25) is 0 Å². The topological polar surface area (TPSA) is 58.6 Å². The number of hydrogen-bond acceptors (Lipinski definition) is 3. The van der Waals surface area contributed by atoms with Crippen molar-refractivity contribution in [3.05, 3.63) is 35.9 Å². The Bertz CT molecular complexity index is 479. The number of carbonyl (C=O) groups is 1. The van der Waals surface area contributed by atoms with Gasteiger partial charge in [-0.2, -0.15) is 0 Å². The van der Waals surface area contributed by atoms with Crippen LogP contribution >= 0.6 is 0 Å². The van der Waals surface area contributed by atoms with Crippen LogP contribution < -0.4 is 10.1 Å². The molecule has 1 fully saturated rings. The van der Waals surface area contributed by atoms with Crippen LogP contribution in [0.15, 0.2) is 30.3 Å². The molecule has 0 bridgehead atoms. The number of aliphatic hydroxyl groups is 1. The maximum Gasteiger partial charge on any atom is 0.244 e. The quantitative estimate of drug-likeness (QED) is 0.599. The molecule has 0 unspecified atom stereocenters. The summed E-state index contributed by atoms with van der Waals surface area (Å²) in [5, 5.41) is 11.4. The monoisotopic (exact) mass is 289 g/mol. The highest BCUT2D eigenvalue weighted by Gasteiger charge is 2.16. The average Bonchev–Trinajstić information content (AvgIpc) is 2.99. The van der Waals surface area contributed by atoms with Crippen molar-refractivity contribution in [2.24, 2.45) is 0 Å². The number of amides is 1. The molecule has 0 aromatic heterocycles. The Balaban J connectivity index is 1.86. The summed E-state index contributed by atoms with van der Waals surface area (Å²) >= 11 is 0. The summed E-state index contributed by atoms with van der Waals surface area (Å²) in [4.78, 5) is 11.5. The minimum absolute atomic E-state index is 0.0878. The van der Waals surface area contributed by atoms with Crippen LogP contribution in [0.5, 0.6) is 5.75 Å². The van der Waals surface area contributed by atoms with Gasteiger partial charge in [0, 0.05) is 19.2 Å². The highest BCUT2D eigenvalue weighted by atomic mass is 16.5. The molecule has 1 aromatic carbocycles. The van der Waals surface area contributed by atoms with Gasteiger partial charge < -0.3 is 15.2 Å². The molecular weight excluding hydrogens is 266 g/mol. The standard InChI is InChI=1S/C17H23NO3/c19-12-4-11-18-17(20)10-9-14-5-3-8-16(13-14)21-15-6-1-2-7-15/h3,5,8-10,13,15,19H,1-2,4,6-7,11-12H2,(H,18,20)/b10-9+. The van der Waals surface area contributed by atoms with Crippen molar-refractivity contribution < 1.29 is 14.6 Å². The number of rotatable bonds is 7. The van der Waals surface area contributed by atoms with Gasteiger partial charge in [-0.05, 0) is 55.9 Å². The van der Waals surface area contributed by atoms with E-state index in [-0.39, 0.29) is 12.5 Å². The maximum absolute atomic E-state index is 11.5. The molecule has 0 saturated heterocycles. The summed E-state index contributed by atoms with van der Waals surface area (Å²) in [7, 11) is 0. The van der Waals surface area contributed by atoms with Crippen molar-refractivity contribution in [2.75, 3.05) is 13.2 Å². The molecule has 0 atom stereocenters. The fraction of sp³-hybridized carbons (Fsp3) is 0.471. The van der Waals surface area contributed by atoms with Gasteiger partial charge in [-0.1, -0.05) is 12.1 Å². The minimum Gasteiger partial charge on any atom is -0.490 e. The van der Waals surface area contributed by atoms with Gasteiger partial charge in [-0.15, -0.1) is 0 Å². The largest absolute Gasteiger partial charge is 0.490 e. The molecule has 21 heavy (non-hydrogen) atoms. The van der Waals surface area contributed by atoms with E-state index in [9.17, 15) is 4.79 Å². The average molecular weight is 289 g/mol. The van der Waals surface area contributed by atoms with Gasteiger partial charge in [0.2, 0.25) is 5.91 Å². The Morgan fingerprint density at radius 1 is 1.38 bits per heavy atom. The molecule has 0 aliphatic heterocycles. The molecule has 0 heterocycles. The highest BCUT2D eigenvalue weighted by molar-refractivity contribution is 5.91. The van der Waals surface area contributed by atoms with E-state index in [1.807, 2.05) is 24.3 Å². The normalized spacial score (nSPS) is 15.5. The zero-order chi connectivity index (χ0) is 14.9. The molecule has 1 saturated carbocycles. The number of carbonyl (C=O) groups excluding carboxylic acids is 1. The van der Waals surface area contributed by atoms with Gasteiger partial charge in [0.1, 0.15) is 5.75 Å². The summed E-state index contributed by atoms with van der Waals surface area (Å²) in [6.07, 6.45) is 8.95. The van der Waals surface area contributed by atoms with Crippen LogP contribution in [0.3, 0.4) is 0 Å². The second-order valence-electron chi connectivity index (χ2n) is 5.30. The fourth-order valence-corrected chi connectivity index (χ4v) is 2.41. The van der Waals surface area contributed by atoms with Crippen molar-refractivity contribution in [3.8, 4) is 5.75 Å². The van der Waals surface area contributed by atoms with E-state index >= 15 is 0 Å². The molecule has 1 aliphatic carbocycles. The van der Waals surface area contributed by atoms with Crippen LogP contribution in [0.25, 0.3) is 6.08 Å². The van der Waals surface area contributed by atoms with E-state index < -0.39 is 0 Å². The Morgan fingerprint density at radius 3 is 2.95 bits per heavy atom. The molecule has 4 heteroatoms. The third-order valence-electron chi connectivity index (χ3n) is 3.52. The molecule has 0 radical (unpaired) electrons. The van der Waals surface area contributed by atoms with Crippen molar-refractivity contribution in [1.82, 2.24) is 5.32 Å². The first-order valence-corrected chi connectivity index (χ1v) is 7.61. The van der Waals surface area contributed by atoms with E-state index in [1.54, 1.807) is 6.08 Å². The van der Waals surface area contributed by atoms with Crippen molar-refractivity contribution in [2.45, 2.75) is 38.2 Å². The first-order valence-electron chi connectivity index (χ1n) is 7.61. The van der Waals surface area contributed by atoms with E-state index in [1.165, 1.54) is 18.9 Å². The zero-order valence-electron chi connectivity index (χ0n) is 12.3. The number of hydrogen-bond donors (Lipinski definition) is 2. The van der Waals surface area contributed by atoms with Crippen LogP contribution in [-0.4, -0.2) is 30.3 Å². The number of aliphatic hydroxyl groups excluding tert-OH is 1. The van der Waals surface area contributed by atoms with Crippen LogP contribution in [0.1, 0.15) is 37.7 Å². The third kappa shape index (κ3) is 5.60. The minimum atomic E-state index is -0.148. The summed E-state index contributed by atoms with van der Waals surface area (Å²) in [5.74, 6) is 0.718. The van der Waals surface area contributed by atoms with Crippen LogP contribution in [-0.2, 0) is 4.79 Å². The lowest BCUT2D eigenvalue weighted by atomic mass is 10.2. The summed E-state index contributed by atoms with van der Waals surface area (Å²) in [6, 6.07) is 7.79. The van der Waals surface area contributed by atoms with E-state index in [0.717, 1.165) is 24.2 Å². The van der Waals surface area contributed by atoms with E-state index in [2.05, 4.69) is 5.32 Å². The Labute approximate surface area is 125 Å². The molecule has 1 amide bonds. The lowest BCUT2D eigenvalue weighted by Gasteiger charge is -2.13. The molecule has 2 rings (SSSR count). The SMILES string of the molecule is O=C(/C=C/c1cccc(OC2CCCC2)c1)NCCCO. The first kappa shape index (κ1) is 15.6. The number of benzene rings is 1. The molecule has 114 valence electrons. The smallest absolute Gasteiger partial charge is 0.244 e. The van der Waals surface area contributed by atoms with Crippen molar-refractivity contribution >= 4 is 12.0 Å². The predicted octanol–water partition coefficient (Wildman–Crippen LogP) is 2.52. The predicted molar refractivity (Wildman–Crippen MR) is 83.1 cm³/mol. The molecule has 4 nitrogen and oxygen atoms in total. The lowest BCUT2D eigenvalue weighted by Crippen LogP contribution is -2.22. The van der Waals surface area contributed by atoms with Gasteiger partial charge in [0.25, 0.3) is 0 Å². The number of nitrogens with one attached hydrogen (secondary N) is 1. The van der Waals surface area contributed by atoms with Gasteiger partial charge in [-0.3, -0.25) is 4.79 Å². The Morgan fingerprint density at radius 2 is 2.19 bits per heavy atom. The van der Waals surface area contributed by atoms with Gasteiger partial charge >= 0.3 is 0 Å². The van der Waals surface area contributed by atoms with Gasteiger partial charge in [0.15, 0.2) is 0 Å². The van der Waals surface area contributed by atoms with Crippen LogP contribution in [0.4, 0.5) is 0 Å². The summed E-state index contributed by atoms with van der Waals surface area (Å²) < 4.78 is 5.94. The van der Waals surface area contributed by atoms with Gasteiger partial charge in [0.05, 0.1) is 6.10 Å². The van der Waals surface area contributed by atoms with E-state index in [4.69, 9.17) is 9.84 Å².